The highest BCUT2D eigenvalue weighted by atomic mass is 13.9. The fourth-order valence-corrected chi connectivity index (χ4v) is 1.77. The lowest BCUT2D eigenvalue weighted by Crippen LogP contribution is -1.74. The average Bonchev–Trinajstić information content (AvgIpc) is 2.67. The van der Waals surface area contributed by atoms with Crippen molar-refractivity contribution in [3.8, 4) is 0 Å². The zero-order chi connectivity index (χ0) is 23.9. The zero-order valence-corrected chi connectivity index (χ0v) is 21.3. The topological polar surface area (TPSA) is 0 Å². The molecule has 0 rings (SSSR count). The molecule has 0 heterocycles. The highest BCUT2D eigenvalue weighted by Crippen LogP contribution is 2.05. The van der Waals surface area contributed by atoms with Crippen molar-refractivity contribution in [3.63, 3.8) is 0 Å². The SMILES string of the molecule is C/C=C(C)/C=C/C=C(C)C.C=C/C(C)=C/CCC(=C)C.C=CC(=C)CCC=C(C)C. The molecule has 0 heteroatoms. The summed E-state index contributed by atoms with van der Waals surface area (Å²) < 4.78 is 0. The molecule has 0 aliphatic heterocycles. The van der Waals surface area contributed by atoms with E-state index in [1.54, 1.807) is 0 Å². The second kappa shape index (κ2) is 22.9. The Balaban J connectivity index is -0.000000364. The van der Waals surface area contributed by atoms with Gasteiger partial charge in [-0.05, 0) is 81.1 Å². The van der Waals surface area contributed by atoms with Gasteiger partial charge in [0, 0.05) is 0 Å². The van der Waals surface area contributed by atoms with Crippen LogP contribution in [0.2, 0.25) is 0 Å². The van der Waals surface area contributed by atoms with Crippen molar-refractivity contribution in [2.45, 2.75) is 81.1 Å². The van der Waals surface area contributed by atoms with E-state index in [9.17, 15) is 0 Å². The molecule has 0 saturated heterocycles. The summed E-state index contributed by atoms with van der Waals surface area (Å²) in [6, 6.07) is 0. The van der Waals surface area contributed by atoms with Gasteiger partial charge >= 0.3 is 0 Å². The summed E-state index contributed by atoms with van der Waals surface area (Å²) in [6.07, 6.45) is 20.8. The highest BCUT2D eigenvalue weighted by molar-refractivity contribution is 5.20. The first-order valence-electron chi connectivity index (χ1n) is 10.8. The summed E-state index contributed by atoms with van der Waals surface area (Å²) in [7, 11) is 0. The van der Waals surface area contributed by atoms with E-state index in [1.807, 2.05) is 19.1 Å². The van der Waals surface area contributed by atoms with Gasteiger partial charge in [-0.25, -0.2) is 0 Å². The van der Waals surface area contributed by atoms with Crippen LogP contribution in [-0.4, -0.2) is 0 Å². The van der Waals surface area contributed by atoms with Crippen molar-refractivity contribution in [2.24, 2.45) is 0 Å². The first-order chi connectivity index (χ1) is 14.0. The minimum absolute atomic E-state index is 1.04. The molecule has 0 atom stereocenters. The van der Waals surface area contributed by atoms with Gasteiger partial charge in [0.1, 0.15) is 0 Å². The van der Waals surface area contributed by atoms with E-state index in [4.69, 9.17) is 0 Å². The Morgan fingerprint density at radius 3 is 1.67 bits per heavy atom. The van der Waals surface area contributed by atoms with Gasteiger partial charge in [-0.3, -0.25) is 0 Å². The summed E-state index contributed by atoms with van der Waals surface area (Å²) in [5.74, 6) is 0. The first-order valence-corrected chi connectivity index (χ1v) is 10.8. The minimum atomic E-state index is 1.04. The molecule has 0 spiro atoms. The summed E-state index contributed by atoms with van der Waals surface area (Å²) in [4.78, 5) is 0. The first kappa shape index (κ1) is 32.3. The molecule has 0 N–H and O–H groups in total. The number of hydrogen-bond donors (Lipinski definition) is 0. The van der Waals surface area contributed by atoms with Crippen LogP contribution in [0.5, 0.6) is 0 Å². The quantitative estimate of drug-likeness (QED) is 0.249. The Morgan fingerprint density at radius 2 is 1.27 bits per heavy atom. The normalized spacial score (nSPS) is 10.7. The Bertz CT molecular complexity index is 646. The summed E-state index contributed by atoms with van der Waals surface area (Å²) in [6.45, 7) is 31.6. The van der Waals surface area contributed by atoms with Gasteiger partial charge in [-0.2, -0.15) is 0 Å². The van der Waals surface area contributed by atoms with Crippen molar-refractivity contribution in [2.75, 3.05) is 0 Å². The smallest absolute Gasteiger partial charge is 0.0250 e. The van der Waals surface area contributed by atoms with E-state index in [2.05, 4.69) is 111 Å². The third-order valence-electron chi connectivity index (χ3n) is 3.91. The number of hydrogen-bond acceptors (Lipinski definition) is 0. The standard InChI is InChI=1S/3C10H16/c3*1-5-10(4)8-6-7-9(2)3/h5-8H,1-4H3;5,7H,1,4,6,8H2,2-3H3;5,8H,1-2,6-7H2,3-4H3/b8-6+,10-5+;;10-8+. The molecule has 0 unspecified atom stereocenters. The van der Waals surface area contributed by atoms with Crippen LogP contribution in [0, 0.1) is 0 Å². The maximum atomic E-state index is 3.82. The fraction of sp³-hybridized carbons (Fsp3) is 0.400. The van der Waals surface area contributed by atoms with Crippen molar-refractivity contribution in [3.05, 3.63) is 108 Å². The van der Waals surface area contributed by atoms with Gasteiger partial charge in [0.25, 0.3) is 0 Å². The fourth-order valence-electron chi connectivity index (χ4n) is 1.77. The van der Waals surface area contributed by atoms with E-state index in [-0.39, 0.29) is 0 Å². The van der Waals surface area contributed by atoms with E-state index < -0.39 is 0 Å². The van der Waals surface area contributed by atoms with E-state index in [0.29, 0.717) is 0 Å². The van der Waals surface area contributed by atoms with Crippen LogP contribution in [-0.2, 0) is 0 Å². The molecule has 0 aliphatic carbocycles. The van der Waals surface area contributed by atoms with Crippen LogP contribution in [0.4, 0.5) is 0 Å². The second-order valence-corrected chi connectivity index (χ2v) is 7.97. The molecule has 0 fully saturated rings. The maximum Gasteiger partial charge on any atom is -0.0250 e. The van der Waals surface area contributed by atoms with Crippen LogP contribution in [0.3, 0.4) is 0 Å². The van der Waals surface area contributed by atoms with Crippen molar-refractivity contribution >= 4 is 0 Å². The van der Waals surface area contributed by atoms with Gasteiger partial charge < -0.3 is 0 Å². The zero-order valence-electron chi connectivity index (χ0n) is 21.3. The van der Waals surface area contributed by atoms with Gasteiger partial charge in [0.2, 0.25) is 0 Å². The van der Waals surface area contributed by atoms with E-state index in [1.165, 1.54) is 27.9 Å². The third-order valence-corrected chi connectivity index (χ3v) is 3.91. The molecular weight excluding hydrogens is 360 g/mol. The molecule has 0 aromatic carbocycles. The van der Waals surface area contributed by atoms with Gasteiger partial charge in [0.15, 0.2) is 0 Å². The summed E-state index contributed by atoms with van der Waals surface area (Å²) in [5, 5.41) is 0. The lowest BCUT2D eigenvalue weighted by molar-refractivity contribution is 0.977. The molecule has 168 valence electrons. The van der Waals surface area contributed by atoms with Gasteiger partial charge in [-0.15, -0.1) is 6.58 Å². The molecule has 0 radical (unpaired) electrons. The highest BCUT2D eigenvalue weighted by Gasteiger charge is 1.85. The van der Waals surface area contributed by atoms with Crippen LogP contribution >= 0.6 is 0 Å². The molecule has 0 amide bonds. The van der Waals surface area contributed by atoms with E-state index >= 15 is 0 Å². The molecule has 0 bridgehead atoms. The van der Waals surface area contributed by atoms with Crippen LogP contribution in [0.25, 0.3) is 0 Å². The lowest BCUT2D eigenvalue weighted by Gasteiger charge is -1.94. The molecule has 0 aromatic rings. The second-order valence-electron chi connectivity index (χ2n) is 7.97. The van der Waals surface area contributed by atoms with Crippen LogP contribution in [0.15, 0.2) is 108 Å². The lowest BCUT2D eigenvalue weighted by atomic mass is 10.1. The van der Waals surface area contributed by atoms with E-state index in [0.717, 1.165) is 31.3 Å². The molecule has 0 saturated carbocycles. The van der Waals surface area contributed by atoms with Gasteiger partial charge in [-0.1, -0.05) is 102 Å². The van der Waals surface area contributed by atoms with Crippen molar-refractivity contribution in [1.29, 1.82) is 0 Å². The Labute approximate surface area is 189 Å². The summed E-state index contributed by atoms with van der Waals surface area (Å²) in [5.41, 5.74) is 7.63. The predicted molar refractivity (Wildman–Crippen MR) is 144 cm³/mol. The molecule has 0 aromatic heterocycles. The number of allylic oxidation sites excluding steroid dienone is 14. The average molecular weight is 409 g/mol. The Hall–Kier alpha value is -2.34. The van der Waals surface area contributed by atoms with Gasteiger partial charge in [0.05, 0.1) is 0 Å². The maximum absolute atomic E-state index is 3.82. The molecular formula is C30H48. The Morgan fingerprint density at radius 1 is 0.700 bits per heavy atom. The largest absolute Gasteiger partial charge is 0.100 e. The van der Waals surface area contributed by atoms with Crippen molar-refractivity contribution < 1.29 is 0 Å². The predicted octanol–water partition coefficient (Wildman–Crippen LogP) is 10.4. The molecule has 0 aliphatic rings. The Kier molecular flexibility index (Phi) is 24.7. The minimum Gasteiger partial charge on any atom is -0.100 e. The monoisotopic (exact) mass is 408 g/mol. The van der Waals surface area contributed by atoms with Crippen LogP contribution in [0.1, 0.15) is 81.1 Å². The van der Waals surface area contributed by atoms with Crippen molar-refractivity contribution in [1.82, 2.24) is 0 Å². The third kappa shape index (κ3) is 33.3. The van der Waals surface area contributed by atoms with Crippen LogP contribution < -0.4 is 0 Å². The molecule has 0 nitrogen and oxygen atoms in total. The number of rotatable bonds is 10. The molecule has 30 heavy (non-hydrogen) atoms. The summed E-state index contributed by atoms with van der Waals surface area (Å²) >= 11 is 0.